The Morgan fingerprint density at radius 1 is 1.20 bits per heavy atom. The molecule has 0 saturated heterocycles. The maximum Gasteiger partial charge on any atom is 0.0771 e. The van der Waals surface area contributed by atoms with Crippen LogP contribution >= 0.6 is 0 Å². The maximum atomic E-state index is 10.2. The molecule has 1 saturated carbocycles. The molecule has 1 aliphatic carbocycles. The SMILES string of the molecule is CCCOCCNCC1(O)CCCCC1. The van der Waals surface area contributed by atoms with E-state index in [0.717, 1.165) is 45.6 Å². The number of hydrogen-bond donors (Lipinski definition) is 2. The monoisotopic (exact) mass is 215 g/mol. The molecule has 3 heteroatoms. The molecule has 0 aromatic rings. The molecule has 0 unspecified atom stereocenters. The average Bonchev–Trinajstić information content (AvgIpc) is 2.24. The standard InChI is InChI=1S/C12H25NO2/c1-2-9-15-10-8-13-11-12(14)6-4-3-5-7-12/h13-14H,2-11H2,1H3. The van der Waals surface area contributed by atoms with Crippen LogP contribution < -0.4 is 5.32 Å². The second kappa shape index (κ2) is 7.20. The zero-order valence-electron chi connectivity index (χ0n) is 9.93. The van der Waals surface area contributed by atoms with E-state index >= 15 is 0 Å². The van der Waals surface area contributed by atoms with Gasteiger partial charge in [0, 0.05) is 19.7 Å². The quantitative estimate of drug-likeness (QED) is 0.635. The number of nitrogens with one attached hydrogen (secondary N) is 1. The number of hydrogen-bond acceptors (Lipinski definition) is 3. The van der Waals surface area contributed by atoms with Gasteiger partial charge in [0.25, 0.3) is 0 Å². The van der Waals surface area contributed by atoms with Crippen LogP contribution in [0, 0.1) is 0 Å². The molecule has 0 spiro atoms. The van der Waals surface area contributed by atoms with Crippen LogP contribution in [0.15, 0.2) is 0 Å². The van der Waals surface area contributed by atoms with E-state index in [9.17, 15) is 5.11 Å². The van der Waals surface area contributed by atoms with Gasteiger partial charge in [-0.05, 0) is 19.3 Å². The van der Waals surface area contributed by atoms with Gasteiger partial charge >= 0.3 is 0 Å². The highest BCUT2D eigenvalue weighted by Gasteiger charge is 2.28. The molecule has 0 bridgehead atoms. The van der Waals surface area contributed by atoms with E-state index < -0.39 is 5.60 Å². The van der Waals surface area contributed by atoms with Crippen molar-refractivity contribution in [2.75, 3.05) is 26.3 Å². The van der Waals surface area contributed by atoms with E-state index in [1.54, 1.807) is 0 Å². The first-order chi connectivity index (χ1) is 7.27. The van der Waals surface area contributed by atoms with Crippen LogP contribution in [0.2, 0.25) is 0 Å². The second-order valence-corrected chi connectivity index (χ2v) is 4.57. The molecule has 1 fully saturated rings. The van der Waals surface area contributed by atoms with Crippen molar-refractivity contribution in [1.29, 1.82) is 0 Å². The molecule has 0 heterocycles. The Morgan fingerprint density at radius 2 is 1.93 bits per heavy atom. The second-order valence-electron chi connectivity index (χ2n) is 4.57. The molecule has 0 atom stereocenters. The zero-order chi connectivity index (χ0) is 11.0. The summed E-state index contributed by atoms with van der Waals surface area (Å²) < 4.78 is 5.36. The maximum absolute atomic E-state index is 10.2. The van der Waals surface area contributed by atoms with Crippen LogP contribution in [-0.4, -0.2) is 37.0 Å². The van der Waals surface area contributed by atoms with Crippen molar-refractivity contribution in [3.63, 3.8) is 0 Å². The molecule has 1 aliphatic rings. The highest BCUT2D eigenvalue weighted by atomic mass is 16.5. The molecule has 0 radical (unpaired) electrons. The smallest absolute Gasteiger partial charge is 0.0771 e. The highest BCUT2D eigenvalue weighted by molar-refractivity contribution is 4.84. The summed E-state index contributed by atoms with van der Waals surface area (Å²) in [6.45, 7) is 5.28. The Kier molecular flexibility index (Phi) is 6.22. The molecule has 3 nitrogen and oxygen atoms in total. The Hall–Kier alpha value is -0.120. The zero-order valence-corrected chi connectivity index (χ0v) is 9.93. The van der Waals surface area contributed by atoms with Crippen molar-refractivity contribution in [1.82, 2.24) is 5.32 Å². The van der Waals surface area contributed by atoms with E-state index in [4.69, 9.17) is 4.74 Å². The van der Waals surface area contributed by atoms with Crippen molar-refractivity contribution < 1.29 is 9.84 Å². The summed E-state index contributed by atoms with van der Waals surface area (Å²) in [6.07, 6.45) is 6.60. The van der Waals surface area contributed by atoms with Crippen molar-refractivity contribution in [2.24, 2.45) is 0 Å². The van der Waals surface area contributed by atoms with Crippen LogP contribution in [0.25, 0.3) is 0 Å². The van der Waals surface area contributed by atoms with Gasteiger partial charge < -0.3 is 15.2 Å². The third kappa shape index (κ3) is 5.50. The third-order valence-electron chi connectivity index (χ3n) is 3.01. The minimum Gasteiger partial charge on any atom is -0.389 e. The highest BCUT2D eigenvalue weighted by Crippen LogP contribution is 2.27. The number of rotatable bonds is 7. The molecule has 0 aromatic carbocycles. The Bertz CT molecular complexity index is 156. The molecular formula is C12H25NO2. The summed E-state index contributed by atoms with van der Waals surface area (Å²) in [5.74, 6) is 0. The predicted molar refractivity (Wildman–Crippen MR) is 62.0 cm³/mol. The Balaban J connectivity index is 1.98. The normalized spacial score (nSPS) is 20.4. The lowest BCUT2D eigenvalue weighted by molar-refractivity contribution is 0.00343. The van der Waals surface area contributed by atoms with Crippen LogP contribution in [-0.2, 0) is 4.74 Å². The van der Waals surface area contributed by atoms with Gasteiger partial charge in [-0.15, -0.1) is 0 Å². The summed E-state index contributed by atoms with van der Waals surface area (Å²) in [5, 5.41) is 13.5. The molecule has 90 valence electrons. The first-order valence-corrected chi connectivity index (χ1v) is 6.28. The first kappa shape index (κ1) is 12.9. The van der Waals surface area contributed by atoms with Crippen molar-refractivity contribution in [2.45, 2.75) is 51.0 Å². The Labute approximate surface area is 93.2 Å². The van der Waals surface area contributed by atoms with Gasteiger partial charge in [-0.3, -0.25) is 0 Å². The summed E-state index contributed by atoms with van der Waals surface area (Å²) in [5.41, 5.74) is -0.441. The van der Waals surface area contributed by atoms with Crippen LogP contribution in [0.5, 0.6) is 0 Å². The molecule has 1 rings (SSSR count). The van der Waals surface area contributed by atoms with Gasteiger partial charge in [0.15, 0.2) is 0 Å². The fraction of sp³-hybridized carbons (Fsp3) is 1.00. The lowest BCUT2D eigenvalue weighted by Crippen LogP contribution is -2.43. The predicted octanol–water partition coefficient (Wildman–Crippen LogP) is 1.70. The van der Waals surface area contributed by atoms with Crippen LogP contribution in [0.4, 0.5) is 0 Å². The number of ether oxygens (including phenoxy) is 1. The largest absolute Gasteiger partial charge is 0.389 e. The van der Waals surface area contributed by atoms with Gasteiger partial charge in [-0.2, -0.15) is 0 Å². The van der Waals surface area contributed by atoms with Crippen molar-refractivity contribution >= 4 is 0 Å². The van der Waals surface area contributed by atoms with Crippen LogP contribution in [0.3, 0.4) is 0 Å². The third-order valence-corrected chi connectivity index (χ3v) is 3.01. The summed E-state index contributed by atoms with van der Waals surface area (Å²) in [4.78, 5) is 0. The summed E-state index contributed by atoms with van der Waals surface area (Å²) >= 11 is 0. The van der Waals surface area contributed by atoms with Gasteiger partial charge in [0.2, 0.25) is 0 Å². The van der Waals surface area contributed by atoms with Gasteiger partial charge in [-0.25, -0.2) is 0 Å². The lowest BCUT2D eigenvalue weighted by Gasteiger charge is -2.32. The van der Waals surface area contributed by atoms with E-state index in [-0.39, 0.29) is 0 Å². The van der Waals surface area contributed by atoms with E-state index in [1.807, 2.05) is 0 Å². The molecule has 0 aliphatic heterocycles. The summed E-state index contributed by atoms with van der Waals surface area (Å²) in [7, 11) is 0. The fourth-order valence-electron chi connectivity index (χ4n) is 2.10. The molecule has 2 N–H and O–H groups in total. The first-order valence-electron chi connectivity index (χ1n) is 6.28. The van der Waals surface area contributed by atoms with Crippen molar-refractivity contribution in [3.05, 3.63) is 0 Å². The molecule has 15 heavy (non-hydrogen) atoms. The van der Waals surface area contributed by atoms with E-state index in [1.165, 1.54) is 19.3 Å². The minimum atomic E-state index is -0.441. The van der Waals surface area contributed by atoms with Gasteiger partial charge in [-0.1, -0.05) is 26.2 Å². The van der Waals surface area contributed by atoms with E-state index in [2.05, 4.69) is 12.2 Å². The number of aliphatic hydroxyl groups is 1. The minimum absolute atomic E-state index is 0.441. The average molecular weight is 215 g/mol. The fourth-order valence-corrected chi connectivity index (χ4v) is 2.10. The van der Waals surface area contributed by atoms with Crippen LogP contribution in [0.1, 0.15) is 45.4 Å². The van der Waals surface area contributed by atoms with Gasteiger partial charge in [0.1, 0.15) is 0 Å². The molecule has 0 aromatic heterocycles. The lowest BCUT2D eigenvalue weighted by atomic mass is 9.85. The molecular weight excluding hydrogens is 190 g/mol. The Morgan fingerprint density at radius 3 is 2.60 bits per heavy atom. The molecule has 0 amide bonds. The van der Waals surface area contributed by atoms with Gasteiger partial charge in [0.05, 0.1) is 12.2 Å². The summed E-state index contributed by atoms with van der Waals surface area (Å²) in [6, 6.07) is 0. The van der Waals surface area contributed by atoms with Crippen molar-refractivity contribution in [3.8, 4) is 0 Å². The van der Waals surface area contributed by atoms with E-state index in [0.29, 0.717) is 0 Å². The topological polar surface area (TPSA) is 41.5 Å².